The first-order chi connectivity index (χ1) is 6.36. The van der Waals surface area contributed by atoms with Gasteiger partial charge >= 0.3 is 0 Å². The van der Waals surface area contributed by atoms with Gasteiger partial charge in [-0.05, 0) is 31.6 Å². The summed E-state index contributed by atoms with van der Waals surface area (Å²) in [6.07, 6.45) is 13.0. The van der Waals surface area contributed by atoms with Crippen LogP contribution in [0.25, 0.3) is 0 Å². The molecule has 0 amide bonds. The second kappa shape index (κ2) is 4.28. The van der Waals surface area contributed by atoms with Crippen molar-refractivity contribution in [3.63, 3.8) is 0 Å². The minimum absolute atomic E-state index is 0.686. The second-order valence-electron chi connectivity index (χ2n) is 4.65. The molecule has 0 radical (unpaired) electrons. The minimum atomic E-state index is 0.686. The molecule has 0 bridgehead atoms. The highest BCUT2D eigenvalue weighted by molar-refractivity contribution is 5.02. The lowest BCUT2D eigenvalue weighted by atomic mass is 9.85. The van der Waals surface area contributed by atoms with Gasteiger partial charge in [-0.25, -0.2) is 0 Å². The number of nitrogens with one attached hydrogen (secondary N) is 1. The Balaban J connectivity index is 1.81. The van der Waals surface area contributed by atoms with Crippen LogP contribution in [0.3, 0.4) is 0 Å². The molecule has 0 spiro atoms. The van der Waals surface area contributed by atoms with E-state index in [1.165, 1.54) is 38.5 Å². The van der Waals surface area contributed by atoms with Crippen LogP contribution in [0.1, 0.15) is 45.4 Å². The number of allylic oxidation sites excluding steroid dienone is 1. The highest BCUT2D eigenvalue weighted by atomic mass is 15.0. The van der Waals surface area contributed by atoms with E-state index in [1.54, 1.807) is 0 Å². The zero-order valence-electron chi connectivity index (χ0n) is 8.63. The van der Waals surface area contributed by atoms with Crippen molar-refractivity contribution in [3.8, 4) is 0 Å². The summed E-state index contributed by atoms with van der Waals surface area (Å²) in [5, 5.41) is 3.78. The number of hydrogen-bond acceptors (Lipinski definition) is 1. The molecule has 0 aromatic carbocycles. The summed E-state index contributed by atoms with van der Waals surface area (Å²) >= 11 is 0. The highest BCUT2D eigenvalue weighted by Crippen LogP contribution is 2.25. The third-order valence-electron chi connectivity index (χ3n) is 3.55. The summed E-state index contributed by atoms with van der Waals surface area (Å²) in [6, 6.07) is 1.48. The summed E-state index contributed by atoms with van der Waals surface area (Å²) in [5.41, 5.74) is 0. The van der Waals surface area contributed by atoms with E-state index in [4.69, 9.17) is 0 Å². The van der Waals surface area contributed by atoms with Gasteiger partial charge in [0.1, 0.15) is 0 Å². The first-order valence-corrected chi connectivity index (χ1v) is 5.79. The van der Waals surface area contributed by atoms with Gasteiger partial charge in [0.25, 0.3) is 0 Å². The predicted molar refractivity (Wildman–Crippen MR) is 56.7 cm³/mol. The van der Waals surface area contributed by atoms with Crippen LogP contribution in [0, 0.1) is 5.92 Å². The van der Waals surface area contributed by atoms with E-state index in [2.05, 4.69) is 24.4 Å². The smallest absolute Gasteiger partial charge is 0.0255 e. The van der Waals surface area contributed by atoms with Crippen molar-refractivity contribution in [2.45, 2.75) is 57.5 Å². The SMILES string of the molecule is CC1CCCCC1NC1C=CCC1. The molecule has 2 aliphatic rings. The Morgan fingerprint density at radius 2 is 2.00 bits per heavy atom. The molecular weight excluding hydrogens is 158 g/mol. The van der Waals surface area contributed by atoms with Crippen LogP contribution in [0.5, 0.6) is 0 Å². The Hall–Kier alpha value is -0.300. The van der Waals surface area contributed by atoms with Crippen molar-refractivity contribution in [3.05, 3.63) is 12.2 Å². The third-order valence-corrected chi connectivity index (χ3v) is 3.55. The Kier molecular flexibility index (Phi) is 3.05. The van der Waals surface area contributed by atoms with Crippen LogP contribution >= 0.6 is 0 Å². The first-order valence-electron chi connectivity index (χ1n) is 5.79. The van der Waals surface area contributed by atoms with Gasteiger partial charge in [-0.15, -0.1) is 0 Å². The molecule has 1 N–H and O–H groups in total. The predicted octanol–water partition coefficient (Wildman–Crippen LogP) is 2.87. The van der Waals surface area contributed by atoms with E-state index < -0.39 is 0 Å². The van der Waals surface area contributed by atoms with Gasteiger partial charge in [0, 0.05) is 12.1 Å². The largest absolute Gasteiger partial charge is 0.307 e. The van der Waals surface area contributed by atoms with E-state index >= 15 is 0 Å². The molecule has 13 heavy (non-hydrogen) atoms. The molecule has 74 valence electrons. The van der Waals surface area contributed by atoms with Gasteiger partial charge in [0.05, 0.1) is 0 Å². The van der Waals surface area contributed by atoms with Crippen LogP contribution in [0.15, 0.2) is 12.2 Å². The van der Waals surface area contributed by atoms with Gasteiger partial charge in [-0.1, -0.05) is 31.9 Å². The topological polar surface area (TPSA) is 12.0 Å². The lowest BCUT2D eigenvalue weighted by Gasteiger charge is -2.31. The summed E-state index contributed by atoms with van der Waals surface area (Å²) in [7, 11) is 0. The van der Waals surface area contributed by atoms with Gasteiger partial charge in [-0.2, -0.15) is 0 Å². The van der Waals surface area contributed by atoms with Crippen LogP contribution < -0.4 is 5.32 Å². The van der Waals surface area contributed by atoms with E-state index in [0.717, 1.165) is 12.0 Å². The maximum absolute atomic E-state index is 3.78. The number of rotatable bonds is 2. The average molecular weight is 179 g/mol. The molecule has 1 saturated carbocycles. The van der Waals surface area contributed by atoms with Gasteiger partial charge in [0.2, 0.25) is 0 Å². The van der Waals surface area contributed by atoms with Crippen LogP contribution in [0.2, 0.25) is 0 Å². The quantitative estimate of drug-likeness (QED) is 0.643. The summed E-state index contributed by atoms with van der Waals surface area (Å²) in [5.74, 6) is 0.891. The average Bonchev–Trinajstić information content (AvgIpc) is 2.61. The summed E-state index contributed by atoms with van der Waals surface area (Å²) in [4.78, 5) is 0. The maximum atomic E-state index is 3.78. The van der Waals surface area contributed by atoms with Crippen molar-refractivity contribution in [1.29, 1.82) is 0 Å². The van der Waals surface area contributed by atoms with Crippen LogP contribution in [-0.4, -0.2) is 12.1 Å². The Morgan fingerprint density at radius 3 is 2.69 bits per heavy atom. The minimum Gasteiger partial charge on any atom is -0.307 e. The van der Waals surface area contributed by atoms with Gasteiger partial charge < -0.3 is 5.32 Å². The zero-order chi connectivity index (χ0) is 9.10. The number of hydrogen-bond donors (Lipinski definition) is 1. The molecule has 0 saturated heterocycles. The molecule has 2 rings (SSSR count). The van der Waals surface area contributed by atoms with Crippen LogP contribution in [0.4, 0.5) is 0 Å². The second-order valence-corrected chi connectivity index (χ2v) is 4.65. The Labute approximate surface area is 81.6 Å². The van der Waals surface area contributed by atoms with Crippen molar-refractivity contribution in [2.24, 2.45) is 5.92 Å². The normalized spacial score (nSPS) is 39.6. The van der Waals surface area contributed by atoms with E-state index in [9.17, 15) is 0 Å². The van der Waals surface area contributed by atoms with Crippen molar-refractivity contribution >= 4 is 0 Å². The fraction of sp³-hybridized carbons (Fsp3) is 0.833. The molecule has 0 aromatic heterocycles. The lowest BCUT2D eigenvalue weighted by molar-refractivity contribution is 0.268. The standard InChI is InChI=1S/C12H21N/c1-10-6-2-5-9-12(10)13-11-7-3-4-8-11/h3,7,10-13H,2,4-6,8-9H2,1H3. The van der Waals surface area contributed by atoms with Gasteiger partial charge in [-0.3, -0.25) is 0 Å². The third kappa shape index (κ3) is 2.34. The van der Waals surface area contributed by atoms with E-state index in [-0.39, 0.29) is 0 Å². The molecule has 2 aliphatic carbocycles. The lowest BCUT2D eigenvalue weighted by Crippen LogP contribution is -2.42. The molecule has 1 fully saturated rings. The molecule has 3 atom stereocenters. The molecule has 0 aromatic rings. The zero-order valence-corrected chi connectivity index (χ0v) is 8.63. The van der Waals surface area contributed by atoms with Crippen molar-refractivity contribution in [2.75, 3.05) is 0 Å². The van der Waals surface area contributed by atoms with Crippen molar-refractivity contribution in [1.82, 2.24) is 5.32 Å². The van der Waals surface area contributed by atoms with Crippen molar-refractivity contribution < 1.29 is 0 Å². The monoisotopic (exact) mass is 179 g/mol. The first kappa shape index (κ1) is 9.26. The molecular formula is C12H21N. The molecule has 0 heterocycles. The highest BCUT2D eigenvalue weighted by Gasteiger charge is 2.23. The fourth-order valence-electron chi connectivity index (χ4n) is 2.61. The van der Waals surface area contributed by atoms with Crippen LogP contribution in [-0.2, 0) is 0 Å². The molecule has 0 aliphatic heterocycles. The van der Waals surface area contributed by atoms with E-state index in [1.807, 2.05) is 0 Å². The molecule has 1 nitrogen and oxygen atoms in total. The summed E-state index contributed by atoms with van der Waals surface area (Å²) < 4.78 is 0. The summed E-state index contributed by atoms with van der Waals surface area (Å²) in [6.45, 7) is 2.40. The Morgan fingerprint density at radius 1 is 1.15 bits per heavy atom. The molecule has 3 unspecified atom stereocenters. The Bertz CT molecular complexity index is 186. The molecule has 1 heteroatoms. The maximum Gasteiger partial charge on any atom is 0.0255 e. The van der Waals surface area contributed by atoms with E-state index in [0.29, 0.717) is 6.04 Å². The van der Waals surface area contributed by atoms with Gasteiger partial charge in [0.15, 0.2) is 0 Å². The fourth-order valence-corrected chi connectivity index (χ4v) is 2.61.